The van der Waals surface area contributed by atoms with Crippen LogP contribution < -0.4 is 10.1 Å². The highest BCUT2D eigenvalue weighted by Gasteiger charge is 2.27. The second-order valence-corrected chi connectivity index (χ2v) is 3.83. The van der Waals surface area contributed by atoms with Crippen LogP contribution in [0, 0.1) is 0 Å². The van der Waals surface area contributed by atoms with E-state index in [-0.39, 0.29) is 24.5 Å². The van der Waals surface area contributed by atoms with Crippen LogP contribution in [0.1, 0.15) is 10.4 Å². The number of amides is 1. The van der Waals surface area contributed by atoms with Crippen LogP contribution in [-0.2, 0) is 4.74 Å². The molecule has 0 heterocycles. The van der Waals surface area contributed by atoms with E-state index in [2.05, 4.69) is 14.8 Å². The Morgan fingerprint density at radius 3 is 2.62 bits per heavy atom. The third kappa shape index (κ3) is 7.45. The Bertz CT molecular complexity index is 464. The molecule has 118 valence electrons. The summed E-state index contributed by atoms with van der Waals surface area (Å²) in [6.45, 7) is -4.88. The zero-order chi connectivity index (χ0) is 15.9. The Hall–Kier alpha value is -1.90. The highest BCUT2D eigenvalue weighted by Crippen LogP contribution is 2.16. The van der Waals surface area contributed by atoms with Crippen molar-refractivity contribution < 1.29 is 36.2 Å². The summed E-state index contributed by atoms with van der Waals surface area (Å²) in [6.07, 6.45) is -4.43. The molecule has 0 saturated heterocycles. The maximum Gasteiger partial charge on any atom is 0.411 e. The van der Waals surface area contributed by atoms with E-state index in [0.29, 0.717) is 0 Å². The van der Waals surface area contributed by atoms with Gasteiger partial charge >= 0.3 is 12.8 Å². The lowest BCUT2D eigenvalue weighted by Crippen LogP contribution is -2.28. The fourth-order valence-corrected chi connectivity index (χ4v) is 1.34. The van der Waals surface area contributed by atoms with Gasteiger partial charge < -0.3 is 14.8 Å². The second-order valence-electron chi connectivity index (χ2n) is 3.83. The van der Waals surface area contributed by atoms with Gasteiger partial charge in [-0.15, -0.1) is 0 Å². The number of ether oxygens (including phenoxy) is 2. The molecule has 0 bridgehead atoms. The molecule has 9 heteroatoms. The topological polar surface area (TPSA) is 47.6 Å². The van der Waals surface area contributed by atoms with Crippen LogP contribution in [0.4, 0.5) is 22.0 Å². The normalized spacial score (nSPS) is 11.5. The molecule has 1 N–H and O–H groups in total. The number of nitrogens with one attached hydrogen (secondary N) is 1. The molecule has 0 atom stereocenters. The first-order valence-corrected chi connectivity index (χ1v) is 5.75. The Kier molecular flexibility index (Phi) is 6.35. The smallest absolute Gasteiger partial charge is 0.411 e. The summed E-state index contributed by atoms with van der Waals surface area (Å²) in [6, 6.07) is 5.03. The van der Waals surface area contributed by atoms with E-state index in [4.69, 9.17) is 0 Å². The predicted molar refractivity (Wildman–Crippen MR) is 62.3 cm³/mol. The van der Waals surface area contributed by atoms with Crippen molar-refractivity contribution >= 4 is 5.91 Å². The van der Waals surface area contributed by atoms with Gasteiger partial charge in [0, 0.05) is 12.1 Å². The molecule has 0 fully saturated rings. The molecule has 0 aromatic heterocycles. The molecule has 21 heavy (non-hydrogen) atoms. The molecule has 1 aromatic rings. The van der Waals surface area contributed by atoms with Gasteiger partial charge in [0.15, 0.2) is 0 Å². The van der Waals surface area contributed by atoms with Gasteiger partial charge in [-0.25, -0.2) is 0 Å². The van der Waals surface area contributed by atoms with Crippen LogP contribution in [0.25, 0.3) is 0 Å². The van der Waals surface area contributed by atoms with Gasteiger partial charge in [0.1, 0.15) is 12.4 Å². The van der Waals surface area contributed by atoms with E-state index in [1.165, 1.54) is 18.2 Å². The zero-order valence-electron chi connectivity index (χ0n) is 10.6. The number of halogens is 5. The molecule has 0 aliphatic heterocycles. The van der Waals surface area contributed by atoms with Crippen molar-refractivity contribution in [2.24, 2.45) is 0 Å². The van der Waals surface area contributed by atoms with E-state index in [1.807, 2.05) is 0 Å². The number of hydrogen-bond acceptors (Lipinski definition) is 3. The summed E-state index contributed by atoms with van der Waals surface area (Å²) in [4.78, 5) is 11.6. The molecule has 0 aliphatic rings. The number of carbonyl (C=O) groups excluding carboxylic acids is 1. The first-order valence-electron chi connectivity index (χ1n) is 5.75. The van der Waals surface area contributed by atoms with Crippen LogP contribution >= 0.6 is 0 Å². The molecule has 0 radical (unpaired) electrons. The van der Waals surface area contributed by atoms with E-state index in [9.17, 15) is 26.7 Å². The molecule has 1 amide bonds. The van der Waals surface area contributed by atoms with Crippen molar-refractivity contribution in [3.8, 4) is 5.75 Å². The predicted octanol–water partition coefficient (Wildman–Crippen LogP) is 2.60. The van der Waals surface area contributed by atoms with Gasteiger partial charge in [0.05, 0.1) is 6.61 Å². The lowest BCUT2D eigenvalue weighted by Gasteiger charge is -2.09. The molecule has 4 nitrogen and oxygen atoms in total. The highest BCUT2D eigenvalue weighted by atomic mass is 19.4. The van der Waals surface area contributed by atoms with Crippen LogP contribution in [0.15, 0.2) is 24.3 Å². The van der Waals surface area contributed by atoms with Crippen molar-refractivity contribution in [1.82, 2.24) is 5.32 Å². The average Bonchev–Trinajstić information content (AvgIpc) is 2.36. The summed E-state index contributed by atoms with van der Waals surface area (Å²) in [5, 5.41) is 2.29. The highest BCUT2D eigenvalue weighted by molar-refractivity contribution is 5.94. The summed E-state index contributed by atoms with van der Waals surface area (Å²) < 4.78 is 67.7. The van der Waals surface area contributed by atoms with E-state index < -0.39 is 25.3 Å². The Morgan fingerprint density at radius 1 is 1.29 bits per heavy atom. The minimum Gasteiger partial charge on any atom is -0.435 e. The average molecular weight is 313 g/mol. The monoisotopic (exact) mass is 313 g/mol. The molecule has 1 rings (SSSR count). The van der Waals surface area contributed by atoms with Crippen molar-refractivity contribution in [2.45, 2.75) is 12.8 Å². The Morgan fingerprint density at radius 2 is 2.00 bits per heavy atom. The van der Waals surface area contributed by atoms with Gasteiger partial charge in [-0.05, 0) is 18.2 Å². The molecular formula is C12H12F5NO3. The van der Waals surface area contributed by atoms with E-state index in [1.54, 1.807) is 0 Å². The van der Waals surface area contributed by atoms with Crippen molar-refractivity contribution in [3.05, 3.63) is 29.8 Å². The van der Waals surface area contributed by atoms with Crippen LogP contribution in [-0.4, -0.2) is 38.5 Å². The SMILES string of the molecule is O=C(NCCOCC(F)(F)F)c1cccc(OC(F)F)c1. The standard InChI is InChI=1S/C12H12F5NO3/c13-11(14)21-9-3-1-2-8(6-9)10(19)18-4-5-20-7-12(15,16)17/h1-3,6,11H,4-5,7H2,(H,18,19). The number of carbonyl (C=O) groups is 1. The number of alkyl halides is 5. The zero-order valence-corrected chi connectivity index (χ0v) is 10.6. The number of hydrogen-bond donors (Lipinski definition) is 1. The maximum absolute atomic E-state index is 12.0. The summed E-state index contributed by atoms with van der Waals surface area (Å²) in [7, 11) is 0. The van der Waals surface area contributed by atoms with Gasteiger partial charge in [-0.1, -0.05) is 6.07 Å². The number of benzene rings is 1. The lowest BCUT2D eigenvalue weighted by molar-refractivity contribution is -0.173. The van der Waals surface area contributed by atoms with Crippen molar-refractivity contribution in [3.63, 3.8) is 0 Å². The van der Waals surface area contributed by atoms with Crippen LogP contribution in [0.3, 0.4) is 0 Å². The minimum atomic E-state index is -4.43. The third-order valence-electron chi connectivity index (χ3n) is 2.12. The van der Waals surface area contributed by atoms with Gasteiger partial charge in [-0.2, -0.15) is 22.0 Å². The Labute approximate surface area is 116 Å². The molecule has 0 saturated carbocycles. The fourth-order valence-electron chi connectivity index (χ4n) is 1.34. The van der Waals surface area contributed by atoms with E-state index >= 15 is 0 Å². The minimum absolute atomic E-state index is 0.0453. The second kappa shape index (κ2) is 7.77. The maximum atomic E-state index is 12.0. The lowest BCUT2D eigenvalue weighted by atomic mass is 10.2. The molecular weight excluding hydrogens is 301 g/mol. The summed E-state index contributed by atoms with van der Waals surface area (Å²) in [5.41, 5.74) is 0.0453. The van der Waals surface area contributed by atoms with Crippen LogP contribution in [0.2, 0.25) is 0 Å². The first kappa shape index (κ1) is 17.2. The molecule has 1 aromatic carbocycles. The molecule has 0 unspecified atom stereocenters. The van der Waals surface area contributed by atoms with Gasteiger partial charge in [0.25, 0.3) is 5.91 Å². The van der Waals surface area contributed by atoms with Gasteiger partial charge in [0.2, 0.25) is 0 Å². The van der Waals surface area contributed by atoms with E-state index in [0.717, 1.165) is 6.07 Å². The van der Waals surface area contributed by atoms with Crippen molar-refractivity contribution in [2.75, 3.05) is 19.8 Å². The fraction of sp³-hybridized carbons (Fsp3) is 0.417. The first-order chi connectivity index (χ1) is 9.78. The Balaban J connectivity index is 2.38. The third-order valence-corrected chi connectivity index (χ3v) is 2.12. The van der Waals surface area contributed by atoms with Crippen molar-refractivity contribution in [1.29, 1.82) is 0 Å². The summed E-state index contributed by atoms with van der Waals surface area (Å²) in [5.74, 6) is -0.823. The molecule has 0 aliphatic carbocycles. The molecule has 0 spiro atoms. The van der Waals surface area contributed by atoms with Gasteiger partial charge in [-0.3, -0.25) is 4.79 Å². The number of rotatable bonds is 7. The summed E-state index contributed by atoms with van der Waals surface area (Å²) >= 11 is 0. The largest absolute Gasteiger partial charge is 0.435 e. The van der Waals surface area contributed by atoms with Crippen LogP contribution in [0.5, 0.6) is 5.75 Å². The quantitative estimate of drug-likeness (QED) is 0.622.